The van der Waals surface area contributed by atoms with Crippen molar-refractivity contribution in [2.24, 2.45) is 0 Å². The Morgan fingerprint density at radius 1 is 1.22 bits per heavy atom. The summed E-state index contributed by atoms with van der Waals surface area (Å²) in [5, 5.41) is 2.59. The van der Waals surface area contributed by atoms with E-state index in [0.717, 1.165) is 6.42 Å². The largest absolute Gasteiger partial charge is 0.500 e. The van der Waals surface area contributed by atoms with Gasteiger partial charge in [0.25, 0.3) is 0 Å². The summed E-state index contributed by atoms with van der Waals surface area (Å²) in [5.41, 5.74) is 0. The van der Waals surface area contributed by atoms with E-state index in [2.05, 4.69) is 5.32 Å². The number of hydrogen-bond acceptors (Lipinski definition) is 5. The summed E-state index contributed by atoms with van der Waals surface area (Å²) < 4.78 is 21.1. The van der Waals surface area contributed by atoms with Gasteiger partial charge in [0.05, 0.1) is 0 Å². The highest BCUT2D eigenvalue weighted by atomic mass is 28.4. The van der Waals surface area contributed by atoms with E-state index in [0.29, 0.717) is 12.7 Å². The lowest BCUT2D eigenvalue weighted by Gasteiger charge is -2.24. The molecule has 0 saturated heterocycles. The molecule has 0 aliphatic carbocycles. The fraction of sp³-hybridized carbons (Fsp3) is 0.727. The molecule has 0 aromatic carbocycles. The lowest BCUT2D eigenvalue weighted by molar-refractivity contribution is -0.118. The monoisotopic (exact) mass is 277 g/mol. The molecule has 0 aromatic heterocycles. The number of carbonyl (C=O) groups is 1. The Kier molecular flexibility index (Phi) is 9.80. The zero-order chi connectivity index (χ0) is 13.9. The van der Waals surface area contributed by atoms with Crippen molar-refractivity contribution in [3.05, 3.63) is 12.2 Å². The third-order valence-electron chi connectivity index (χ3n) is 2.37. The van der Waals surface area contributed by atoms with Gasteiger partial charge in [0.15, 0.2) is 0 Å². The fourth-order valence-corrected chi connectivity index (χ4v) is 3.04. The zero-order valence-corrected chi connectivity index (χ0v) is 12.5. The molecule has 7 heteroatoms. The minimum Gasteiger partial charge on any atom is -0.377 e. The van der Waals surface area contributed by atoms with Crippen molar-refractivity contribution in [1.82, 2.24) is 5.32 Å². The van der Waals surface area contributed by atoms with Gasteiger partial charge in [0, 0.05) is 34.0 Å². The van der Waals surface area contributed by atoms with E-state index >= 15 is 0 Å². The molecule has 1 N–H and O–H groups in total. The van der Waals surface area contributed by atoms with Gasteiger partial charge >= 0.3 is 8.80 Å². The van der Waals surface area contributed by atoms with Crippen LogP contribution in [0.5, 0.6) is 0 Å². The Labute approximate surface area is 110 Å². The zero-order valence-electron chi connectivity index (χ0n) is 11.5. The fourth-order valence-electron chi connectivity index (χ4n) is 1.35. The molecular formula is C11H23NO5Si. The van der Waals surface area contributed by atoms with Crippen LogP contribution < -0.4 is 5.32 Å². The highest BCUT2D eigenvalue weighted by Crippen LogP contribution is 2.14. The van der Waals surface area contributed by atoms with Crippen LogP contribution in [0.15, 0.2) is 12.2 Å². The predicted molar refractivity (Wildman–Crippen MR) is 70.0 cm³/mol. The average molecular weight is 277 g/mol. The maximum Gasteiger partial charge on any atom is 0.500 e. The van der Waals surface area contributed by atoms with E-state index < -0.39 is 8.80 Å². The SMILES string of the molecule is CC=CC(=O)NCOCCC[Si](OC)(OC)OC. The minimum atomic E-state index is -2.49. The molecule has 0 bridgehead atoms. The average Bonchev–Trinajstić information content (AvgIpc) is 2.39. The summed E-state index contributed by atoms with van der Waals surface area (Å²) in [7, 11) is 2.25. The van der Waals surface area contributed by atoms with Gasteiger partial charge in [-0.1, -0.05) is 6.08 Å². The molecule has 0 fully saturated rings. The maximum absolute atomic E-state index is 11.0. The lowest BCUT2D eigenvalue weighted by atomic mass is 10.5. The second-order valence-corrected chi connectivity index (χ2v) is 6.58. The summed E-state index contributed by atoms with van der Waals surface area (Å²) in [6.07, 6.45) is 3.87. The van der Waals surface area contributed by atoms with E-state index in [4.69, 9.17) is 18.0 Å². The Morgan fingerprint density at radius 3 is 2.33 bits per heavy atom. The Hall–Kier alpha value is -0.733. The van der Waals surface area contributed by atoms with Crippen LogP contribution in [0.25, 0.3) is 0 Å². The molecule has 1 amide bonds. The predicted octanol–water partition coefficient (Wildman–Crippen LogP) is 0.921. The van der Waals surface area contributed by atoms with E-state index in [1.807, 2.05) is 0 Å². The molecule has 0 spiro atoms. The van der Waals surface area contributed by atoms with E-state index in [1.165, 1.54) is 6.08 Å². The number of carbonyl (C=O) groups excluding carboxylic acids is 1. The summed E-state index contributed by atoms with van der Waals surface area (Å²) in [6, 6.07) is 0.680. The highest BCUT2D eigenvalue weighted by molar-refractivity contribution is 6.60. The lowest BCUT2D eigenvalue weighted by Crippen LogP contribution is -2.42. The second-order valence-electron chi connectivity index (χ2n) is 3.49. The summed E-state index contributed by atoms with van der Waals surface area (Å²) in [5.74, 6) is -0.160. The quantitative estimate of drug-likeness (QED) is 0.278. The van der Waals surface area contributed by atoms with Crippen LogP contribution in [0.2, 0.25) is 6.04 Å². The highest BCUT2D eigenvalue weighted by Gasteiger charge is 2.36. The van der Waals surface area contributed by atoms with Crippen molar-refractivity contribution in [2.75, 3.05) is 34.7 Å². The van der Waals surface area contributed by atoms with Crippen molar-refractivity contribution in [2.45, 2.75) is 19.4 Å². The van der Waals surface area contributed by atoms with Crippen molar-refractivity contribution in [1.29, 1.82) is 0 Å². The Morgan fingerprint density at radius 2 is 1.83 bits per heavy atom. The van der Waals surface area contributed by atoms with Crippen LogP contribution >= 0.6 is 0 Å². The number of amides is 1. The van der Waals surface area contributed by atoms with E-state index in [9.17, 15) is 4.79 Å². The molecule has 0 unspecified atom stereocenters. The molecule has 0 atom stereocenters. The van der Waals surface area contributed by atoms with E-state index in [-0.39, 0.29) is 12.6 Å². The van der Waals surface area contributed by atoms with Crippen LogP contribution in [-0.2, 0) is 22.8 Å². The smallest absolute Gasteiger partial charge is 0.377 e. The third-order valence-corrected chi connectivity index (χ3v) is 5.20. The van der Waals surface area contributed by atoms with Gasteiger partial charge in [-0.2, -0.15) is 0 Å². The van der Waals surface area contributed by atoms with Crippen LogP contribution in [-0.4, -0.2) is 49.4 Å². The van der Waals surface area contributed by atoms with Gasteiger partial charge in [0.1, 0.15) is 6.73 Å². The molecule has 0 aliphatic heterocycles. The summed E-state index contributed by atoms with van der Waals surface area (Å²) >= 11 is 0. The van der Waals surface area contributed by atoms with Crippen molar-refractivity contribution in [3.8, 4) is 0 Å². The van der Waals surface area contributed by atoms with Crippen LogP contribution in [0.4, 0.5) is 0 Å². The molecule has 0 rings (SSSR count). The van der Waals surface area contributed by atoms with Gasteiger partial charge in [-0.15, -0.1) is 0 Å². The molecular weight excluding hydrogens is 254 g/mol. The van der Waals surface area contributed by atoms with Gasteiger partial charge in [0.2, 0.25) is 5.91 Å². The van der Waals surface area contributed by atoms with Gasteiger partial charge in [-0.25, -0.2) is 0 Å². The number of allylic oxidation sites excluding steroid dienone is 1. The Bertz CT molecular complexity index is 248. The first kappa shape index (κ1) is 17.3. The minimum absolute atomic E-state index is 0.160. The second kappa shape index (κ2) is 10.2. The number of ether oxygens (including phenoxy) is 1. The van der Waals surface area contributed by atoms with Gasteiger partial charge in [-0.05, 0) is 19.4 Å². The number of nitrogens with one attached hydrogen (secondary N) is 1. The number of rotatable bonds is 10. The molecule has 6 nitrogen and oxygen atoms in total. The standard InChI is InChI=1S/C11H23NO5Si/c1-5-7-11(13)12-10-17-8-6-9-18(14-2,15-3)16-4/h5,7H,6,8-10H2,1-4H3,(H,12,13). The van der Waals surface area contributed by atoms with Gasteiger partial charge in [-0.3, -0.25) is 4.79 Å². The maximum atomic E-state index is 11.0. The van der Waals surface area contributed by atoms with Gasteiger partial charge < -0.3 is 23.3 Å². The van der Waals surface area contributed by atoms with Crippen molar-refractivity contribution < 1.29 is 22.8 Å². The normalized spacial score (nSPS) is 12.0. The summed E-state index contributed by atoms with van der Waals surface area (Å²) in [6.45, 7) is 2.50. The first-order chi connectivity index (χ1) is 8.64. The molecule has 106 valence electrons. The Balaban J connectivity index is 3.64. The molecule has 0 aliphatic rings. The third kappa shape index (κ3) is 6.87. The first-order valence-electron chi connectivity index (χ1n) is 5.78. The van der Waals surface area contributed by atoms with Crippen LogP contribution in [0, 0.1) is 0 Å². The molecule has 0 aromatic rings. The summed E-state index contributed by atoms with van der Waals surface area (Å²) in [4.78, 5) is 11.0. The van der Waals surface area contributed by atoms with Crippen molar-refractivity contribution >= 4 is 14.7 Å². The topological polar surface area (TPSA) is 66.0 Å². The van der Waals surface area contributed by atoms with Crippen LogP contribution in [0.3, 0.4) is 0 Å². The molecule has 18 heavy (non-hydrogen) atoms. The molecule has 0 radical (unpaired) electrons. The van der Waals surface area contributed by atoms with E-state index in [1.54, 1.807) is 34.3 Å². The van der Waals surface area contributed by atoms with Crippen molar-refractivity contribution in [3.63, 3.8) is 0 Å². The van der Waals surface area contributed by atoms with Crippen LogP contribution in [0.1, 0.15) is 13.3 Å². The molecule has 0 saturated carbocycles. The molecule has 0 heterocycles. The number of hydrogen-bond donors (Lipinski definition) is 1. The first-order valence-corrected chi connectivity index (χ1v) is 7.71.